The van der Waals surface area contributed by atoms with E-state index in [0.717, 1.165) is 37.1 Å². The lowest BCUT2D eigenvalue weighted by atomic mass is 9.90. The Morgan fingerprint density at radius 2 is 1.59 bits per heavy atom. The summed E-state index contributed by atoms with van der Waals surface area (Å²) < 4.78 is 11.0. The Kier molecular flexibility index (Phi) is 9.04. The third kappa shape index (κ3) is 6.82. The summed E-state index contributed by atoms with van der Waals surface area (Å²) in [7, 11) is 1.65. The Balaban J connectivity index is 0.00000261. The summed E-state index contributed by atoms with van der Waals surface area (Å²) in [4.78, 5) is 2.44. The zero-order valence-corrected chi connectivity index (χ0v) is 16.6. The molecule has 2 aromatic carbocycles. The summed E-state index contributed by atoms with van der Waals surface area (Å²) in [5, 5.41) is 0. The van der Waals surface area contributed by atoms with Crippen molar-refractivity contribution in [2.24, 2.45) is 5.92 Å². The zero-order valence-electron chi connectivity index (χ0n) is 15.9. The van der Waals surface area contributed by atoms with Crippen molar-refractivity contribution in [2.45, 2.75) is 19.3 Å². The van der Waals surface area contributed by atoms with Gasteiger partial charge in [0.2, 0.25) is 0 Å². The van der Waals surface area contributed by atoms with E-state index in [4.69, 9.17) is 9.47 Å². The van der Waals surface area contributed by atoms with E-state index < -0.39 is 0 Å². The summed E-state index contributed by atoms with van der Waals surface area (Å²) in [6.07, 6.45) is 3.72. The Hall–Kier alpha value is -2.15. The van der Waals surface area contributed by atoms with Crippen molar-refractivity contribution in [3.05, 3.63) is 60.2 Å². The Morgan fingerprint density at radius 1 is 0.926 bits per heavy atom. The molecule has 3 rings (SSSR count). The molecule has 0 atom stereocenters. The molecular weight excluding hydrogens is 358 g/mol. The van der Waals surface area contributed by atoms with Crippen molar-refractivity contribution in [3.8, 4) is 23.3 Å². The van der Waals surface area contributed by atoms with E-state index in [1.54, 1.807) is 7.11 Å². The highest BCUT2D eigenvalue weighted by Crippen LogP contribution is 2.25. The number of piperidine rings is 1. The van der Waals surface area contributed by atoms with Crippen molar-refractivity contribution in [2.75, 3.05) is 33.4 Å². The van der Waals surface area contributed by atoms with Gasteiger partial charge in [-0.1, -0.05) is 54.3 Å². The second kappa shape index (κ2) is 11.5. The van der Waals surface area contributed by atoms with Crippen molar-refractivity contribution >= 4 is 0 Å². The number of likely N-dealkylation sites (tertiary alicyclic amines) is 1. The van der Waals surface area contributed by atoms with Gasteiger partial charge in [-0.3, -0.25) is 4.90 Å². The smallest absolute Gasteiger partial charge is 0.162 e. The van der Waals surface area contributed by atoms with E-state index in [-0.39, 0.29) is 12.4 Å². The fourth-order valence-corrected chi connectivity index (χ4v) is 3.37. The minimum Gasteiger partial charge on any atom is -1.00 e. The van der Waals surface area contributed by atoms with E-state index in [0.29, 0.717) is 6.61 Å². The van der Waals surface area contributed by atoms with Gasteiger partial charge < -0.3 is 21.9 Å². The largest absolute Gasteiger partial charge is 1.00 e. The molecule has 0 aromatic heterocycles. The first-order valence-electron chi connectivity index (χ1n) is 9.33. The maximum atomic E-state index is 5.68. The third-order valence-corrected chi connectivity index (χ3v) is 4.87. The van der Waals surface area contributed by atoms with E-state index in [2.05, 4.69) is 47.1 Å². The molecule has 27 heavy (non-hydrogen) atoms. The molecule has 0 spiro atoms. The molecule has 0 unspecified atom stereocenters. The molecular formula is C23H27ClNO2-. The summed E-state index contributed by atoms with van der Waals surface area (Å²) in [5.41, 5.74) is 1.46. The number of hydrogen-bond donors (Lipinski definition) is 0. The van der Waals surface area contributed by atoms with Crippen LogP contribution in [0.5, 0.6) is 11.5 Å². The molecule has 0 N–H and O–H groups in total. The quantitative estimate of drug-likeness (QED) is 0.694. The normalized spacial score (nSPS) is 14.6. The van der Waals surface area contributed by atoms with Gasteiger partial charge in [-0.15, -0.1) is 0 Å². The van der Waals surface area contributed by atoms with E-state index in [1.807, 2.05) is 24.3 Å². The molecule has 3 nitrogen and oxygen atoms in total. The number of benzene rings is 2. The van der Waals surface area contributed by atoms with Crippen LogP contribution in [0.3, 0.4) is 0 Å². The van der Waals surface area contributed by atoms with Gasteiger partial charge in [0.05, 0.1) is 13.7 Å². The van der Waals surface area contributed by atoms with Gasteiger partial charge in [0.15, 0.2) is 11.5 Å². The van der Waals surface area contributed by atoms with E-state index in [9.17, 15) is 0 Å². The fourth-order valence-electron chi connectivity index (χ4n) is 3.37. The molecule has 1 aliphatic heterocycles. The fraction of sp³-hybridized carbons (Fsp3) is 0.391. The van der Waals surface area contributed by atoms with Gasteiger partial charge in [0.1, 0.15) is 6.61 Å². The lowest BCUT2D eigenvalue weighted by molar-refractivity contribution is -0.00000592. The lowest BCUT2D eigenvalue weighted by Crippen LogP contribution is -3.00. The molecule has 2 aromatic rings. The average Bonchev–Trinajstić information content (AvgIpc) is 2.70. The SMILES string of the molecule is COc1ccccc1OCC#CCN1CCC(Cc2ccccc2)CC1.[Cl-]. The first-order valence-corrected chi connectivity index (χ1v) is 9.33. The molecule has 0 radical (unpaired) electrons. The van der Waals surface area contributed by atoms with Crippen molar-refractivity contribution < 1.29 is 21.9 Å². The highest BCUT2D eigenvalue weighted by Gasteiger charge is 2.18. The maximum Gasteiger partial charge on any atom is 0.162 e. The third-order valence-electron chi connectivity index (χ3n) is 4.87. The second-order valence-corrected chi connectivity index (χ2v) is 6.70. The van der Waals surface area contributed by atoms with Crippen LogP contribution in [0, 0.1) is 17.8 Å². The van der Waals surface area contributed by atoms with Crippen LogP contribution in [0.4, 0.5) is 0 Å². The van der Waals surface area contributed by atoms with Gasteiger partial charge in [-0.05, 0) is 56.0 Å². The summed E-state index contributed by atoms with van der Waals surface area (Å²) in [5.74, 6) is 8.64. The van der Waals surface area contributed by atoms with Crippen molar-refractivity contribution in [1.29, 1.82) is 0 Å². The molecule has 0 saturated carbocycles. The minimum atomic E-state index is 0. The van der Waals surface area contributed by atoms with E-state index in [1.165, 1.54) is 24.8 Å². The highest BCUT2D eigenvalue weighted by atomic mass is 35.5. The van der Waals surface area contributed by atoms with Crippen LogP contribution in [-0.2, 0) is 6.42 Å². The van der Waals surface area contributed by atoms with Gasteiger partial charge >= 0.3 is 0 Å². The summed E-state index contributed by atoms with van der Waals surface area (Å²) >= 11 is 0. The molecule has 0 aliphatic carbocycles. The van der Waals surface area contributed by atoms with Crippen molar-refractivity contribution in [3.63, 3.8) is 0 Å². The number of para-hydroxylation sites is 2. The van der Waals surface area contributed by atoms with Crippen LogP contribution in [0.15, 0.2) is 54.6 Å². The summed E-state index contributed by atoms with van der Waals surface area (Å²) in [6, 6.07) is 18.5. The first-order chi connectivity index (χ1) is 12.8. The average molecular weight is 385 g/mol. The molecule has 0 bridgehead atoms. The van der Waals surface area contributed by atoms with Crippen LogP contribution in [0.2, 0.25) is 0 Å². The number of halogens is 1. The van der Waals surface area contributed by atoms with Gasteiger partial charge in [-0.2, -0.15) is 0 Å². The topological polar surface area (TPSA) is 21.7 Å². The number of hydrogen-bond acceptors (Lipinski definition) is 3. The molecule has 4 heteroatoms. The van der Waals surface area contributed by atoms with Crippen LogP contribution in [0.25, 0.3) is 0 Å². The van der Waals surface area contributed by atoms with Gasteiger partial charge in [-0.25, -0.2) is 0 Å². The van der Waals surface area contributed by atoms with Gasteiger partial charge in [0.25, 0.3) is 0 Å². The number of nitrogens with zero attached hydrogens (tertiary/aromatic N) is 1. The van der Waals surface area contributed by atoms with Crippen LogP contribution >= 0.6 is 0 Å². The highest BCUT2D eigenvalue weighted by molar-refractivity contribution is 5.39. The maximum absolute atomic E-state index is 5.68. The van der Waals surface area contributed by atoms with Gasteiger partial charge in [0, 0.05) is 0 Å². The number of rotatable bonds is 6. The van der Waals surface area contributed by atoms with Crippen LogP contribution in [-0.4, -0.2) is 38.3 Å². The van der Waals surface area contributed by atoms with Crippen LogP contribution in [0.1, 0.15) is 18.4 Å². The molecule has 1 fully saturated rings. The predicted octanol–water partition coefficient (Wildman–Crippen LogP) is 1.04. The molecule has 1 heterocycles. The van der Waals surface area contributed by atoms with E-state index >= 15 is 0 Å². The first kappa shape index (κ1) is 21.2. The van der Waals surface area contributed by atoms with Crippen molar-refractivity contribution in [1.82, 2.24) is 4.90 Å². The standard InChI is InChI=1S/C23H27NO2.ClH/c1-25-22-11-5-6-12-23(22)26-18-8-7-15-24-16-13-21(14-17-24)19-20-9-3-2-4-10-20;/h2-6,9-12,21H,13-19H2,1H3;1H/p-1. The lowest BCUT2D eigenvalue weighted by Gasteiger charge is -2.30. The Morgan fingerprint density at radius 3 is 2.30 bits per heavy atom. The monoisotopic (exact) mass is 384 g/mol. The molecule has 1 saturated heterocycles. The Labute approximate surface area is 169 Å². The minimum absolute atomic E-state index is 0. The molecule has 0 amide bonds. The Bertz CT molecular complexity index is 731. The molecule has 1 aliphatic rings. The van der Waals surface area contributed by atoms with Crippen LogP contribution < -0.4 is 21.9 Å². The zero-order chi connectivity index (χ0) is 18.0. The molecule has 144 valence electrons. The summed E-state index contributed by atoms with van der Waals surface area (Å²) in [6.45, 7) is 3.50. The predicted molar refractivity (Wildman–Crippen MR) is 106 cm³/mol. The number of ether oxygens (including phenoxy) is 2. The second-order valence-electron chi connectivity index (χ2n) is 6.70. The number of methoxy groups -OCH3 is 1.